The fourth-order valence-electron chi connectivity index (χ4n) is 0.873. The maximum atomic E-state index is 13.0. The van der Waals surface area contributed by atoms with Gasteiger partial charge in [0.1, 0.15) is 11.6 Å². The molecule has 2 N–H and O–H groups in total. The molecule has 0 heterocycles. The van der Waals surface area contributed by atoms with Crippen molar-refractivity contribution in [3.8, 4) is 5.75 Å². The van der Waals surface area contributed by atoms with Crippen LogP contribution in [0.5, 0.6) is 5.75 Å². The van der Waals surface area contributed by atoms with E-state index in [4.69, 9.17) is 5.73 Å². The van der Waals surface area contributed by atoms with Gasteiger partial charge in [0.25, 0.3) is 0 Å². The van der Waals surface area contributed by atoms with Crippen molar-refractivity contribution >= 4 is 22.0 Å². The first-order valence-corrected chi connectivity index (χ1v) is 4.58. The SMILES string of the molecule is NC(=O)Oc1cccc(F)c1CBr. The van der Waals surface area contributed by atoms with E-state index in [1.54, 1.807) is 0 Å². The zero-order valence-electron chi connectivity index (χ0n) is 6.59. The summed E-state index contributed by atoms with van der Waals surface area (Å²) in [6.07, 6.45) is -0.951. The molecular formula is C8H7BrFNO2. The van der Waals surface area contributed by atoms with Gasteiger partial charge in [0.15, 0.2) is 0 Å². The third-order valence-corrected chi connectivity index (χ3v) is 1.98. The van der Waals surface area contributed by atoms with E-state index in [1.807, 2.05) is 0 Å². The molecule has 0 radical (unpaired) electrons. The molecule has 1 aromatic carbocycles. The standard InChI is InChI=1S/C8H7BrFNO2/c9-4-5-6(10)2-1-3-7(5)13-8(11)12/h1-3H,4H2,(H2,11,12). The molecule has 70 valence electrons. The van der Waals surface area contributed by atoms with Gasteiger partial charge in [-0.2, -0.15) is 0 Å². The van der Waals surface area contributed by atoms with E-state index in [9.17, 15) is 9.18 Å². The average molecular weight is 248 g/mol. The molecule has 0 fully saturated rings. The molecular weight excluding hydrogens is 241 g/mol. The Balaban J connectivity index is 3.05. The summed E-state index contributed by atoms with van der Waals surface area (Å²) in [5.74, 6) is -0.292. The van der Waals surface area contributed by atoms with Gasteiger partial charge in [0, 0.05) is 10.9 Å². The number of hydrogen-bond acceptors (Lipinski definition) is 2. The normalized spacial score (nSPS) is 9.69. The number of carbonyl (C=O) groups excluding carboxylic acids is 1. The Labute approximate surface area is 82.8 Å². The number of rotatable bonds is 2. The molecule has 3 nitrogen and oxygen atoms in total. The number of amides is 1. The van der Waals surface area contributed by atoms with Gasteiger partial charge in [-0.05, 0) is 12.1 Å². The predicted octanol–water partition coefficient (Wildman–Crippen LogP) is 2.18. The van der Waals surface area contributed by atoms with Crippen LogP contribution in [-0.4, -0.2) is 6.09 Å². The Kier molecular flexibility index (Phi) is 3.25. The van der Waals surface area contributed by atoms with Crippen molar-refractivity contribution in [1.82, 2.24) is 0 Å². The van der Waals surface area contributed by atoms with E-state index in [-0.39, 0.29) is 16.6 Å². The van der Waals surface area contributed by atoms with E-state index in [1.165, 1.54) is 18.2 Å². The van der Waals surface area contributed by atoms with Crippen molar-refractivity contribution in [3.05, 3.63) is 29.6 Å². The van der Waals surface area contributed by atoms with Gasteiger partial charge >= 0.3 is 6.09 Å². The van der Waals surface area contributed by atoms with Gasteiger partial charge in [-0.25, -0.2) is 9.18 Å². The molecule has 1 amide bonds. The van der Waals surface area contributed by atoms with E-state index in [2.05, 4.69) is 20.7 Å². The van der Waals surface area contributed by atoms with E-state index in [0.29, 0.717) is 0 Å². The molecule has 0 bridgehead atoms. The van der Waals surface area contributed by atoms with E-state index >= 15 is 0 Å². The van der Waals surface area contributed by atoms with Gasteiger partial charge < -0.3 is 10.5 Å². The topological polar surface area (TPSA) is 52.3 Å². The number of hydrogen-bond donors (Lipinski definition) is 1. The first-order valence-electron chi connectivity index (χ1n) is 3.45. The average Bonchev–Trinajstić information content (AvgIpc) is 2.03. The lowest BCUT2D eigenvalue weighted by atomic mass is 10.2. The van der Waals surface area contributed by atoms with Crippen LogP contribution < -0.4 is 10.5 Å². The minimum atomic E-state index is -0.951. The summed E-state index contributed by atoms with van der Waals surface area (Å²) in [5, 5.41) is 0.266. The molecule has 0 spiro atoms. The number of ether oxygens (including phenoxy) is 1. The first-order chi connectivity index (χ1) is 6.15. The molecule has 0 atom stereocenters. The van der Waals surface area contributed by atoms with Crippen molar-refractivity contribution in [2.75, 3.05) is 0 Å². The summed E-state index contributed by atoms with van der Waals surface area (Å²) in [6.45, 7) is 0. The third kappa shape index (κ3) is 2.42. The molecule has 0 saturated carbocycles. The lowest BCUT2D eigenvalue weighted by molar-refractivity contribution is 0.210. The Morgan fingerprint density at radius 2 is 2.31 bits per heavy atom. The smallest absolute Gasteiger partial charge is 0.409 e. The molecule has 0 aromatic heterocycles. The zero-order valence-corrected chi connectivity index (χ0v) is 8.17. The summed E-state index contributed by atoms with van der Waals surface area (Å²) >= 11 is 3.08. The second-order valence-corrected chi connectivity index (χ2v) is 2.83. The summed E-state index contributed by atoms with van der Waals surface area (Å²) in [7, 11) is 0. The Hall–Kier alpha value is -1.10. The van der Waals surface area contributed by atoms with Crippen molar-refractivity contribution in [1.29, 1.82) is 0 Å². The second-order valence-electron chi connectivity index (χ2n) is 2.27. The van der Waals surface area contributed by atoms with Crippen LogP contribution in [0.4, 0.5) is 9.18 Å². The van der Waals surface area contributed by atoms with Crippen molar-refractivity contribution in [2.24, 2.45) is 5.73 Å². The summed E-state index contributed by atoms with van der Waals surface area (Å²) in [4.78, 5) is 10.4. The Bertz CT molecular complexity index is 330. The molecule has 0 saturated heterocycles. The predicted molar refractivity (Wildman–Crippen MR) is 49.2 cm³/mol. The van der Waals surface area contributed by atoms with Crippen LogP contribution in [0.3, 0.4) is 0 Å². The highest BCUT2D eigenvalue weighted by Crippen LogP contribution is 2.23. The molecule has 1 aromatic rings. The lowest BCUT2D eigenvalue weighted by Crippen LogP contribution is -2.17. The monoisotopic (exact) mass is 247 g/mol. The van der Waals surface area contributed by atoms with Crippen LogP contribution >= 0.6 is 15.9 Å². The quantitative estimate of drug-likeness (QED) is 0.815. The minimum absolute atomic E-state index is 0.143. The highest BCUT2D eigenvalue weighted by Gasteiger charge is 2.09. The highest BCUT2D eigenvalue weighted by atomic mass is 79.9. The molecule has 0 aliphatic carbocycles. The fourth-order valence-corrected chi connectivity index (χ4v) is 1.42. The minimum Gasteiger partial charge on any atom is -0.410 e. The van der Waals surface area contributed by atoms with Gasteiger partial charge in [0.2, 0.25) is 0 Å². The second kappa shape index (κ2) is 4.23. The largest absolute Gasteiger partial charge is 0.410 e. The third-order valence-electron chi connectivity index (χ3n) is 1.42. The zero-order chi connectivity index (χ0) is 9.84. The van der Waals surface area contributed by atoms with Crippen molar-refractivity contribution in [3.63, 3.8) is 0 Å². The van der Waals surface area contributed by atoms with Gasteiger partial charge in [-0.1, -0.05) is 22.0 Å². The van der Waals surface area contributed by atoms with Crippen LogP contribution in [0.25, 0.3) is 0 Å². The number of nitrogens with two attached hydrogens (primary N) is 1. The Morgan fingerprint density at radius 3 is 2.85 bits per heavy atom. The Morgan fingerprint density at radius 1 is 1.62 bits per heavy atom. The maximum absolute atomic E-state index is 13.0. The van der Waals surface area contributed by atoms with Crippen LogP contribution in [0.2, 0.25) is 0 Å². The van der Waals surface area contributed by atoms with Crippen molar-refractivity contribution < 1.29 is 13.9 Å². The van der Waals surface area contributed by atoms with Crippen LogP contribution in [0.15, 0.2) is 18.2 Å². The van der Waals surface area contributed by atoms with Gasteiger partial charge in [-0.3, -0.25) is 0 Å². The number of primary amides is 1. The van der Waals surface area contributed by atoms with Crippen LogP contribution in [0.1, 0.15) is 5.56 Å². The van der Waals surface area contributed by atoms with Gasteiger partial charge in [-0.15, -0.1) is 0 Å². The fraction of sp³-hybridized carbons (Fsp3) is 0.125. The van der Waals surface area contributed by atoms with E-state index in [0.717, 1.165) is 0 Å². The maximum Gasteiger partial charge on any atom is 0.409 e. The molecule has 5 heteroatoms. The summed E-state index contributed by atoms with van der Waals surface area (Å²) in [6, 6.07) is 4.20. The number of carbonyl (C=O) groups is 1. The summed E-state index contributed by atoms with van der Waals surface area (Å²) < 4.78 is 17.6. The van der Waals surface area contributed by atoms with Gasteiger partial charge in [0.05, 0.1) is 0 Å². The number of alkyl halides is 1. The van der Waals surface area contributed by atoms with Crippen molar-refractivity contribution in [2.45, 2.75) is 5.33 Å². The first kappa shape index (κ1) is 9.98. The number of benzene rings is 1. The number of halogens is 2. The van der Waals surface area contributed by atoms with E-state index < -0.39 is 11.9 Å². The van der Waals surface area contributed by atoms with Crippen LogP contribution in [-0.2, 0) is 5.33 Å². The molecule has 1 rings (SSSR count). The summed E-state index contributed by atoms with van der Waals surface area (Å²) in [5.41, 5.74) is 5.08. The molecule has 0 unspecified atom stereocenters. The van der Waals surface area contributed by atoms with Crippen LogP contribution in [0, 0.1) is 5.82 Å². The molecule has 13 heavy (non-hydrogen) atoms. The molecule has 0 aliphatic heterocycles. The highest BCUT2D eigenvalue weighted by molar-refractivity contribution is 9.08. The molecule has 0 aliphatic rings. The lowest BCUT2D eigenvalue weighted by Gasteiger charge is -2.06.